The number of carbonyl (C=O) groups excluding carboxylic acids is 1. The molecule has 2 atom stereocenters. The molecule has 8 heteroatoms. The first-order chi connectivity index (χ1) is 15.9. The Balaban J connectivity index is 1.30. The van der Waals surface area contributed by atoms with Crippen molar-refractivity contribution < 1.29 is 18.0 Å². The van der Waals surface area contributed by atoms with Crippen LogP contribution in [-0.2, 0) is 19.0 Å². The van der Waals surface area contributed by atoms with E-state index in [1.54, 1.807) is 35.6 Å². The lowest BCUT2D eigenvalue weighted by atomic mass is 9.90. The van der Waals surface area contributed by atoms with Crippen molar-refractivity contribution in [3.05, 3.63) is 57.4 Å². The average Bonchev–Trinajstić information content (AvgIpc) is 3.23. The van der Waals surface area contributed by atoms with E-state index in [2.05, 4.69) is 15.6 Å². The van der Waals surface area contributed by atoms with Gasteiger partial charge in [0, 0.05) is 28.0 Å². The van der Waals surface area contributed by atoms with Gasteiger partial charge in [0.25, 0.3) is 5.91 Å². The molecular formula is C25H26F3N3OS. The van der Waals surface area contributed by atoms with E-state index in [0.29, 0.717) is 23.0 Å². The van der Waals surface area contributed by atoms with Gasteiger partial charge in [-0.3, -0.25) is 4.79 Å². The summed E-state index contributed by atoms with van der Waals surface area (Å²) in [5.41, 5.74) is 1.17. The predicted molar refractivity (Wildman–Crippen MR) is 125 cm³/mol. The number of rotatable bonds is 4. The number of pyridine rings is 1. The van der Waals surface area contributed by atoms with Gasteiger partial charge in [-0.25, -0.2) is 4.98 Å². The third kappa shape index (κ3) is 4.86. The van der Waals surface area contributed by atoms with Crippen LogP contribution in [0.1, 0.15) is 64.3 Å². The summed E-state index contributed by atoms with van der Waals surface area (Å²) in [4.78, 5) is 18.8. The number of hydrogen-bond donors (Lipinski definition) is 2. The summed E-state index contributed by atoms with van der Waals surface area (Å²) in [6, 6.07) is 9.98. The molecule has 174 valence electrons. The molecule has 0 saturated heterocycles. The number of carbonyl (C=O) groups is 1. The number of aromatic nitrogens is 1. The smallest absolute Gasteiger partial charge is 0.382 e. The molecule has 4 nitrogen and oxygen atoms in total. The number of nitrogens with zero attached hydrogens (tertiary/aromatic N) is 1. The number of anilines is 1. The lowest BCUT2D eigenvalue weighted by Gasteiger charge is -2.31. The first kappa shape index (κ1) is 22.2. The molecule has 2 aromatic heterocycles. The molecule has 0 radical (unpaired) electrons. The second kappa shape index (κ2) is 8.97. The lowest BCUT2D eigenvalue weighted by molar-refractivity contribution is -0.140. The molecule has 3 aromatic rings. The summed E-state index contributed by atoms with van der Waals surface area (Å²) in [5.74, 6) is -0.0335. The van der Waals surface area contributed by atoms with Crippen LogP contribution in [0, 0.1) is 0 Å². The van der Waals surface area contributed by atoms with Crippen molar-refractivity contribution in [2.75, 3.05) is 5.32 Å². The van der Waals surface area contributed by atoms with Gasteiger partial charge in [0.05, 0.1) is 10.4 Å². The Labute approximate surface area is 194 Å². The zero-order chi connectivity index (χ0) is 23.0. The average molecular weight is 474 g/mol. The van der Waals surface area contributed by atoms with Gasteiger partial charge in [0.15, 0.2) is 0 Å². The highest BCUT2D eigenvalue weighted by molar-refractivity contribution is 7.14. The summed E-state index contributed by atoms with van der Waals surface area (Å²) in [6.45, 7) is 0. The van der Waals surface area contributed by atoms with Gasteiger partial charge in [-0.15, -0.1) is 11.3 Å². The molecule has 2 aliphatic carbocycles. The molecule has 0 bridgehead atoms. The number of fused-ring (bicyclic) bond motifs is 2. The quantitative estimate of drug-likeness (QED) is 0.464. The van der Waals surface area contributed by atoms with E-state index in [0.717, 1.165) is 43.0 Å². The standard InChI is InChI=1S/C25H26F3N3OS/c26-25(27,28)23-14-20(18-9-2-3-10-19(18)31-23)29-16-7-5-8-17(13-16)30-24(32)22-12-15-6-1-4-11-21(15)33-22/h2-3,9-10,12,14,16-17H,1,4-8,11,13H2,(H,29,31)(H,30,32)/t16-,17+/m0/s1. The number of hydrogen-bond acceptors (Lipinski definition) is 4. The highest BCUT2D eigenvalue weighted by atomic mass is 32.1. The maximum absolute atomic E-state index is 13.4. The highest BCUT2D eigenvalue weighted by Gasteiger charge is 2.34. The van der Waals surface area contributed by atoms with Gasteiger partial charge in [-0.05, 0) is 75.1 Å². The monoisotopic (exact) mass is 473 g/mol. The minimum Gasteiger partial charge on any atom is -0.382 e. The van der Waals surface area contributed by atoms with Gasteiger partial charge >= 0.3 is 6.18 Å². The number of aryl methyl sites for hydroxylation is 2. The van der Waals surface area contributed by atoms with Crippen LogP contribution in [0.5, 0.6) is 0 Å². The van der Waals surface area contributed by atoms with Crippen molar-refractivity contribution >= 4 is 33.8 Å². The molecule has 1 fully saturated rings. The second-order valence-electron chi connectivity index (χ2n) is 9.01. The third-order valence-electron chi connectivity index (χ3n) is 6.60. The van der Waals surface area contributed by atoms with Crippen LogP contribution in [0.25, 0.3) is 10.9 Å². The summed E-state index contributed by atoms with van der Waals surface area (Å²) >= 11 is 1.60. The van der Waals surface area contributed by atoms with E-state index < -0.39 is 11.9 Å². The predicted octanol–water partition coefficient (Wildman–Crippen LogP) is 6.35. The Hall–Kier alpha value is -2.61. The Morgan fingerprint density at radius 3 is 2.64 bits per heavy atom. The minimum absolute atomic E-state index is 0.00179. The van der Waals surface area contributed by atoms with Crippen molar-refractivity contribution in [1.29, 1.82) is 0 Å². The van der Waals surface area contributed by atoms with Gasteiger partial charge in [0.1, 0.15) is 5.69 Å². The molecule has 2 N–H and O–H groups in total. The third-order valence-corrected chi connectivity index (χ3v) is 7.83. The summed E-state index contributed by atoms with van der Waals surface area (Å²) in [7, 11) is 0. The fourth-order valence-electron chi connectivity index (χ4n) is 4.97. The molecule has 2 heterocycles. The highest BCUT2D eigenvalue weighted by Crippen LogP contribution is 2.35. The van der Waals surface area contributed by atoms with Crippen LogP contribution >= 0.6 is 11.3 Å². The zero-order valence-corrected chi connectivity index (χ0v) is 19.0. The van der Waals surface area contributed by atoms with Gasteiger partial charge in [-0.1, -0.05) is 18.2 Å². The largest absolute Gasteiger partial charge is 0.433 e. The van der Waals surface area contributed by atoms with E-state index in [9.17, 15) is 18.0 Å². The van der Waals surface area contributed by atoms with Gasteiger partial charge in [-0.2, -0.15) is 13.2 Å². The molecule has 1 aromatic carbocycles. The summed E-state index contributed by atoms with van der Waals surface area (Å²) in [6.07, 6.45) is 3.26. The number of alkyl halides is 3. The molecular weight excluding hydrogens is 447 g/mol. The first-order valence-corrected chi connectivity index (χ1v) is 12.3. The van der Waals surface area contributed by atoms with Crippen molar-refractivity contribution in [2.45, 2.75) is 69.6 Å². The maximum Gasteiger partial charge on any atom is 0.433 e. The minimum atomic E-state index is -4.51. The van der Waals surface area contributed by atoms with Crippen LogP contribution in [0.15, 0.2) is 36.4 Å². The van der Waals surface area contributed by atoms with Crippen molar-refractivity contribution in [3.8, 4) is 0 Å². The summed E-state index contributed by atoms with van der Waals surface area (Å²) < 4.78 is 40.2. The van der Waals surface area contributed by atoms with E-state index in [1.165, 1.54) is 23.3 Å². The number of benzene rings is 1. The molecule has 1 amide bonds. The van der Waals surface area contributed by atoms with Crippen molar-refractivity contribution in [2.24, 2.45) is 0 Å². The van der Waals surface area contributed by atoms with Crippen molar-refractivity contribution in [3.63, 3.8) is 0 Å². The van der Waals surface area contributed by atoms with Gasteiger partial charge in [0.2, 0.25) is 0 Å². The van der Waals surface area contributed by atoms with Crippen molar-refractivity contribution in [1.82, 2.24) is 10.3 Å². The molecule has 1 saturated carbocycles. The number of thiophene rings is 1. The number of amides is 1. The Bertz CT molecular complexity index is 1150. The zero-order valence-electron chi connectivity index (χ0n) is 18.2. The van der Waals surface area contributed by atoms with Crippen LogP contribution in [0.2, 0.25) is 0 Å². The fourth-order valence-corrected chi connectivity index (χ4v) is 6.13. The molecule has 5 rings (SSSR count). The van der Waals surface area contributed by atoms with E-state index in [4.69, 9.17) is 0 Å². The fraction of sp³-hybridized carbons (Fsp3) is 0.440. The van der Waals surface area contributed by atoms with E-state index in [1.807, 2.05) is 6.07 Å². The topological polar surface area (TPSA) is 54.0 Å². The SMILES string of the molecule is O=C(N[C@@H]1CCC[C@H](Nc2cc(C(F)(F)F)nc3ccccc23)C1)c1cc2c(s1)CCCC2. The van der Waals surface area contributed by atoms with Crippen LogP contribution in [0.3, 0.4) is 0 Å². The van der Waals surface area contributed by atoms with E-state index >= 15 is 0 Å². The first-order valence-electron chi connectivity index (χ1n) is 11.5. The summed E-state index contributed by atoms with van der Waals surface area (Å²) in [5, 5.41) is 7.17. The Morgan fingerprint density at radius 2 is 1.82 bits per heavy atom. The Kier molecular flexibility index (Phi) is 6.03. The Morgan fingerprint density at radius 1 is 1.03 bits per heavy atom. The molecule has 33 heavy (non-hydrogen) atoms. The van der Waals surface area contributed by atoms with E-state index in [-0.39, 0.29) is 18.0 Å². The molecule has 0 unspecified atom stereocenters. The van der Waals surface area contributed by atoms with Crippen LogP contribution in [0.4, 0.5) is 18.9 Å². The lowest BCUT2D eigenvalue weighted by Crippen LogP contribution is -2.41. The number of para-hydroxylation sites is 1. The van der Waals surface area contributed by atoms with Crippen LogP contribution < -0.4 is 10.6 Å². The maximum atomic E-state index is 13.4. The number of halogens is 3. The number of nitrogens with one attached hydrogen (secondary N) is 2. The van der Waals surface area contributed by atoms with Crippen LogP contribution in [-0.4, -0.2) is 23.0 Å². The normalized spacial score (nSPS) is 20.9. The molecule has 2 aliphatic rings. The van der Waals surface area contributed by atoms with Gasteiger partial charge < -0.3 is 10.6 Å². The molecule has 0 aliphatic heterocycles. The second-order valence-corrected chi connectivity index (χ2v) is 10.2. The molecule has 0 spiro atoms.